The van der Waals surface area contributed by atoms with Crippen LogP contribution in [0, 0.1) is 10.8 Å². The van der Waals surface area contributed by atoms with Gasteiger partial charge in [-0.2, -0.15) is 0 Å². The zero-order chi connectivity index (χ0) is 15.1. The second-order valence-corrected chi connectivity index (χ2v) is 5.22. The predicted octanol–water partition coefficient (Wildman–Crippen LogP) is 3.54. The summed E-state index contributed by atoms with van der Waals surface area (Å²) in [6.45, 7) is 1.65. The number of rotatable bonds is 13. The molecule has 0 heterocycles. The van der Waals surface area contributed by atoms with Gasteiger partial charge < -0.3 is 22.1 Å². The average molecular weight is 430 g/mol. The molecule has 0 aromatic carbocycles. The Hall–Kier alpha value is -0.300. The molecule has 24 heavy (non-hydrogen) atoms. The number of hydrogen-bond acceptors (Lipinski definition) is 2. The van der Waals surface area contributed by atoms with Gasteiger partial charge in [-0.05, 0) is 12.8 Å². The Kier molecular flexibility index (Phi) is 40.1. The van der Waals surface area contributed by atoms with Gasteiger partial charge in [0.05, 0.1) is 0 Å². The van der Waals surface area contributed by atoms with Crippen molar-refractivity contribution in [2.45, 2.75) is 64.2 Å². The van der Waals surface area contributed by atoms with Gasteiger partial charge in [0.1, 0.15) is 0 Å². The lowest BCUT2D eigenvalue weighted by Gasteiger charge is -2.05. The fraction of sp³-hybridized carbons (Fsp3) is 0.857. The molecule has 0 rings (SSSR count). The number of guanidine groups is 2. The van der Waals surface area contributed by atoms with Crippen molar-refractivity contribution < 1.29 is 0 Å². The topological polar surface area (TPSA) is 124 Å². The first kappa shape index (κ1) is 34.9. The number of nitrogens with two attached hydrogens (primary N) is 2. The van der Waals surface area contributed by atoms with Gasteiger partial charge in [-0.1, -0.05) is 51.4 Å². The minimum absolute atomic E-state index is 0. The molecule has 0 bridgehead atoms. The number of nitrogens with one attached hydrogen (secondary N) is 4. The normalized spacial score (nSPS) is 8.50. The second kappa shape index (κ2) is 27.5. The van der Waals surface area contributed by atoms with Crippen LogP contribution < -0.4 is 22.1 Å². The Morgan fingerprint density at radius 3 is 0.917 bits per heavy atom. The van der Waals surface area contributed by atoms with Crippen molar-refractivity contribution in [2.75, 3.05) is 13.1 Å². The summed E-state index contributed by atoms with van der Waals surface area (Å²) in [6.07, 6.45) is 12.5. The maximum atomic E-state index is 7.01. The van der Waals surface area contributed by atoms with Gasteiger partial charge in [0, 0.05) is 13.1 Å². The smallest absolute Gasteiger partial charge is 0.185 e. The van der Waals surface area contributed by atoms with Crippen LogP contribution in [0.1, 0.15) is 64.2 Å². The second-order valence-electron chi connectivity index (χ2n) is 5.22. The molecule has 0 aromatic rings. The SMILES string of the molecule is Cl.Cl.Cl.Cl.N=C(N)NCCCCCCCCCCCCNC(=N)N. The summed E-state index contributed by atoms with van der Waals surface area (Å²) in [5.41, 5.74) is 10.4. The molecule has 0 aromatic heterocycles. The molecule has 0 unspecified atom stereocenters. The van der Waals surface area contributed by atoms with Crippen molar-refractivity contribution in [2.24, 2.45) is 11.5 Å². The van der Waals surface area contributed by atoms with E-state index in [2.05, 4.69) is 10.6 Å². The van der Waals surface area contributed by atoms with Gasteiger partial charge in [-0.3, -0.25) is 10.8 Å². The van der Waals surface area contributed by atoms with Crippen LogP contribution in [-0.4, -0.2) is 25.0 Å². The molecule has 0 radical (unpaired) electrons. The highest BCUT2D eigenvalue weighted by Gasteiger charge is 1.94. The van der Waals surface area contributed by atoms with E-state index in [4.69, 9.17) is 22.3 Å². The standard InChI is InChI=1S/C14H32N6.4ClH/c15-13(16)19-11-9-7-5-3-1-2-4-6-8-10-12-20-14(17)18;;;;/h1-12H2,(H4,15,16,19)(H4,17,18,20);4*1H. The fourth-order valence-corrected chi connectivity index (χ4v) is 2.11. The molecule has 10 heteroatoms. The van der Waals surface area contributed by atoms with Crippen molar-refractivity contribution >= 4 is 61.5 Å². The van der Waals surface area contributed by atoms with E-state index < -0.39 is 0 Å². The van der Waals surface area contributed by atoms with Crippen LogP contribution in [0.5, 0.6) is 0 Å². The van der Waals surface area contributed by atoms with Crippen LogP contribution in [0.4, 0.5) is 0 Å². The maximum Gasteiger partial charge on any atom is 0.185 e. The number of hydrogen-bond donors (Lipinski definition) is 6. The molecule has 0 aliphatic heterocycles. The first-order chi connectivity index (χ1) is 9.63. The summed E-state index contributed by atoms with van der Waals surface area (Å²) < 4.78 is 0. The molecule has 0 spiro atoms. The molecule has 150 valence electrons. The van der Waals surface area contributed by atoms with Gasteiger partial charge in [-0.25, -0.2) is 0 Å². The van der Waals surface area contributed by atoms with E-state index in [1.807, 2.05) is 0 Å². The summed E-state index contributed by atoms with van der Waals surface area (Å²) in [7, 11) is 0. The Morgan fingerprint density at radius 1 is 0.500 bits per heavy atom. The highest BCUT2D eigenvalue weighted by atomic mass is 35.5. The first-order valence-corrected chi connectivity index (χ1v) is 7.78. The highest BCUT2D eigenvalue weighted by Crippen LogP contribution is 2.10. The first-order valence-electron chi connectivity index (χ1n) is 7.78. The summed E-state index contributed by atoms with van der Waals surface area (Å²) in [4.78, 5) is 0. The van der Waals surface area contributed by atoms with E-state index in [9.17, 15) is 0 Å². The maximum absolute atomic E-state index is 7.01. The minimum atomic E-state index is 0. The molecule has 0 saturated heterocycles. The molecule has 0 aliphatic rings. The van der Waals surface area contributed by atoms with Gasteiger partial charge in [-0.15, -0.1) is 49.6 Å². The van der Waals surface area contributed by atoms with Crippen LogP contribution in [0.3, 0.4) is 0 Å². The largest absolute Gasteiger partial charge is 0.370 e. The Labute approximate surface area is 171 Å². The monoisotopic (exact) mass is 428 g/mol. The van der Waals surface area contributed by atoms with E-state index in [-0.39, 0.29) is 61.5 Å². The summed E-state index contributed by atoms with van der Waals surface area (Å²) in [5, 5.41) is 19.7. The minimum Gasteiger partial charge on any atom is -0.370 e. The molecule has 0 atom stereocenters. The average Bonchev–Trinajstić information content (AvgIpc) is 2.38. The Morgan fingerprint density at radius 2 is 0.708 bits per heavy atom. The zero-order valence-electron chi connectivity index (χ0n) is 14.3. The number of halogens is 4. The molecule has 0 aliphatic carbocycles. The zero-order valence-corrected chi connectivity index (χ0v) is 17.5. The lowest BCUT2D eigenvalue weighted by atomic mass is 10.1. The lowest BCUT2D eigenvalue weighted by Crippen LogP contribution is -2.30. The van der Waals surface area contributed by atoms with Gasteiger partial charge in [0.15, 0.2) is 11.9 Å². The van der Waals surface area contributed by atoms with E-state index >= 15 is 0 Å². The highest BCUT2D eigenvalue weighted by molar-refractivity contribution is 5.86. The number of unbranched alkanes of at least 4 members (excludes halogenated alkanes) is 9. The quantitative estimate of drug-likeness (QED) is 0.152. The van der Waals surface area contributed by atoms with Crippen LogP contribution in [0.25, 0.3) is 0 Å². The van der Waals surface area contributed by atoms with E-state index in [1.165, 1.54) is 51.4 Å². The van der Waals surface area contributed by atoms with Crippen molar-refractivity contribution in [3.8, 4) is 0 Å². The van der Waals surface area contributed by atoms with Crippen molar-refractivity contribution in [3.05, 3.63) is 0 Å². The van der Waals surface area contributed by atoms with E-state index in [1.54, 1.807) is 0 Å². The summed E-state index contributed by atoms with van der Waals surface area (Å²) in [5.74, 6) is 0.145. The van der Waals surface area contributed by atoms with Crippen molar-refractivity contribution in [3.63, 3.8) is 0 Å². The van der Waals surface area contributed by atoms with Crippen LogP contribution in [0.15, 0.2) is 0 Å². The molecular formula is C14H36Cl4N6. The summed E-state index contributed by atoms with van der Waals surface area (Å²) >= 11 is 0. The fourth-order valence-electron chi connectivity index (χ4n) is 2.11. The Bertz CT molecular complexity index is 244. The molecule has 6 nitrogen and oxygen atoms in total. The van der Waals surface area contributed by atoms with Crippen molar-refractivity contribution in [1.82, 2.24) is 10.6 Å². The van der Waals surface area contributed by atoms with Gasteiger partial charge >= 0.3 is 0 Å². The lowest BCUT2D eigenvalue weighted by molar-refractivity contribution is 0.548. The van der Waals surface area contributed by atoms with E-state index in [0.29, 0.717) is 0 Å². The van der Waals surface area contributed by atoms with Crippen LogP contribution in [-0.2, 0) is 0 Å². The third-order valence-corrected chi connectivity index (χ3v) is 3.23. The van der Waals surface area contributed by atoms with Crippen LogP contribution >= 0.6 is 49.6 Å². The molecule has 0 fully saturated rings. The third-order valence-electron chi connectivity index (χ3n) is 3.23. The van der Waals surface area contributed by atoms with Crippen LogP contribution in [0.2, 0.25) is 0 Å². The van der Waals surface area contributed by atoms with E-state index in [0.717, 1.165) is 25.9 Å². The van der Waals surface area contributed by atoms with Gasteiger partial charge in [0.25, 0.3) is 0 Å². The molecule has 0 saturated carbocycles. The molecule has 8 N–H and O–H groups in total. The third kappa shape index (κ3) is 33.3. The summed E-state index contributed by atoms with van der Waals surface area (Å²) in [6, 6.07) is 0. The predicted molar refractivity (Wildman–Crippen MR) is 115 cm³/mol. The van der Waals surface area contributed by atoms with Gasteiger partial charge in [0.2, 0.25) is 0 Å². The Balaban J connectivity index is -0.000000301. The molecular weight excluding hydrogens is 394 g/mol. The molecule has 0 amide bonds. The van der Waals surface area contributed by atoms with Crippen molar-refractivity contribution in [1.29, 1.82) is 10.8 Å².